The number of nitrogens with one attached hydrogen (secondary N) is 1. The molecule has 0 aliphatic carbocycles. The van der Waals surface area contributed by atoms with E-state index >= 15 is 0 Å². The molecule has 2 rings (SSSR count). The standard InChI is InChI=1S/C18H27N5.HI/c1-5-16-9-7-8-10-17(16)12-20-18(19-6-2)22(3)13-15-11-21-23(4)14-15;/h7-11,14H,5-6,12-13H2,1-4H3,(H,19,20);1H. The van der Waals surface area contributed by atoms with Crippen LogP contribution in [0.5, 0.6) is 0 Å². The second-order valence-corrected chi connectivity index (χ2v) is 5.67. The SMILES string of the molecule is CCNC(=NCc1ccccc1CC)N(C)Cc1cnn(C)c1.I. The quantitative estimate of drug-likeness (QED) is 0.426. The van der Waals surface area contributed by atoms with Crippen LogP contribution in [0.4, 0.5) is 0 Å². The van der Waals surface area contributed by atoms with Crippen molar-refractivity contribution in [3.8, 4) is 0 Å². The first-order chi connectivity index (χ1) is 11.1. The summed E-state index contributed by atoms with van der Waals surface area (Å²) in [7, 11) is 3.99. The number of aromatic nitrogens is 2. The normalized spacial score (nSPS) is 11.1. The van der Waals surface area contributed by atoms with Gasteiger partial charge in [-0.15, -0.1) is 24.0 Å². The molecule has 6 heteroatoms. The van der Waals surface area contributed by atoms with Gasteiger partial charge < -0.3 is 10.2 Å². The molecule has 0 aliphatic heterocycles. The maximum absolute atomic E-state index is 4.80. The van der Waals surface area contributed by atoms with Crippen LogP contribution in [0.2, 0.25) is 0 Å². The van der Waals surface area contributed by atoms with Gasteiger partial charge in [0, 0.05) is 38.9 Å². The van der Waals surface area contributed by atoms with Crippen LogP contribution in [0, 0.1) is 0 Å². The van der Waals surface area contributed by atoms with Crippen LogP contribution in [0.1, 0.15) is 30.5 Å². The van der Waals surface area contributed by atoms with Gasteiger partial charge in [0.1, 0.15) is 0 Å². The van der Waals surface area contributed by atoms with Gasteiger partial charge in [0.05, 0.1) is 12.7 Å². The number of aryl methyl sites for hydroxylation is 2. The molecule has 1 heterocycles. The molecule has 0 saturated heterocycles. The molecule has 1 aromatic heterocycles. The molecule has 0 bridgehead atoms. The summed E-state index contributed by atoms with van der Waals surface area (Å²) in [5.74, 6) is 0.919. The molecule has 0 aliphatic rings. The first-order valence-corrected chi connectivity index (χ1v) is 8.17. The van der Waals surface area contributed by atoms with Crippen molar-refractivity contribution in [3.63, 3.8) is 0 Å². The van der Waals surface area contributed by atoms with Gasteiger partial charge in [0.2, 0.25) is 0 Å². The van der Waals surface area contributed by atoms with Gasteiger partial charge in [-0.05, 0) is 24.5 Å². The van der Waals surface area contributed by atoms with Crippen molar-refractivity contribution >= 4 is 29.9 Å². The van der Waals surface area contributed by atoms with Gasteiger partial charge in [-0.3, -0.25) is 4.68 Å². The molecule has 1 aromatic carbocycles. The molecular formula is C18H28IN5. The van der Waals surface area contributed by atoms with Crippen molar-refractivity contribution < 1.29 is 0 Å². The summed E-state index contributed by atoms with van der Waals surface area (Å²) in [6.07, 6.45) is 4.96. The zero-order valence-electron chi connectivity index (χ0n) is 15.0. The third kappa shape index (κ3) is 5.81. The summed E-state index contributed by atoms with van der Waals surface area (Å²) in [6.45, 7) is 6.61. The zero-order valence-corrected chi connectivity index (χ0v) is 17.3. The number of rotatable bonds is 6. The zero-order chi connectivity index (χ0) is 16.7. The average Bonchev–Trinajstić information content (AvgIpc) is 2.96. The highest BCUT2D eigenvalue weighted by atomic mass is 127. The summed E-state index contributed by atoms with van der Waals surface area (Å²) in [5, 5.41) is 7.59. The fourth-order valence-corrected chi connectivity index (χ4v) is 2.59. The fourth-order valence-electron chi connectivity index (χ4n) is 2.59. The van der Waals surface area contributed by atoms with E-state index in [2.05, 4.69) is 60.5 Å². The summed E-state index contributed by atoms with van der Waals surface area (Å²) in [6, 6.07) is 8.51. The van der Waals surface area contributed by atoms with Gasteiger partial charge in [-0.1, -0.05) is 31.2 Å². The molecular weight excluding hydrogens is 413 g/mol. The average molecular weight is 441 g/mol. The highest BCUT2D eigenvalue weighted by Crippen LogP contribution is 2.11. The fraction of sp³-hybridized carbons (Fsp3) is 0.444. The molecule has 0 saturated carbocycles. The number of guanidine groups is 1. The van der Waals surface area contributed by atoms with E-state index in [0.29, 0.717) is 6.54 Å². The molecule has 0 amide bonds. The Morgan fingerprint density at radius 1 is 1.25 bits per heavy atom. The van der Waals surface area contributed by atoms with E-state index in [4.69, 9.17) is 4.99 Å². The molecule has 1 N–H and O–H groups in total. The van der Waals surface area contributed by atoms with Gasteiger partial charge in [-0.2, -0.15) is 5.10 Å². The third-order valence-corrected chi connectivity index (χ3v) is 3.77. The van der Waals surface area contributed by atoms with Crippen LogP contribution in [0.15, 0.2) is 41.7 Å². The number of halogens is 1. The van der Waals surface area contributed by atoms with Crippen molar-refractivity contribution in [2.24, 2.45) is 12.0 Å². The minimum Gasteiger partial charge on any atom is -0.357 e. The highest BCUT2D eigenvalue weighted by molar-refractivity contribution is 14.0. The lowest BCUT2D eigenvalue weighted by atomic mass is 10.1. The van der Waals surface area contributed by atoms with Crippen molar-refractivity contribution in [2.45, 2.75) is 33.4 Å². The van der Waals surface area contributed by atoms with Crippen molar-refractivity contribution in [1.82, 2.24) is 20.0 Å². The molecule has 132 valence electrons. The number of aliphatic imine (C=N–C) groups is 1. The summed E-state index contributed by atoms with van der Waals surface area (Å²) in [5.41, 5.74) is 3.83. The predicted octanol–water partition coefficient (Wildman–Crippen LogP) is 3.20. The summed E-state index contributed by atoms with van der Waals surface area (Å²) in [4.78, 5) is 6.93. The molecule has 0 fully saturated rings. The summed E-state index contributed by atoms with van der Waals surface area (Å²) >= 11 is 0. The molecule has 0 spiro atoms. The van der Waals surface area contributed by atoms with Gasteiger partial charge in [0.25, 0.3) is 0 Å². The minimum atomic E-state index is 0. The maximum atomic E-state index is 4.80. The lowest BCUT2D eigenvalue weighted by Crippen LogP contribution is -2.38. The Balaban J connectivity index is 0.00000288. The minimum absolute atomic E-state index is 0. The van der Waals surface area contributed by atoms with E-state index in [9.17, 15) is 0 Å². The van der Waals surface area contributed by atoms with Crippen molar-refractivity contribution in [1.29, 1.82) is 0 Å². The van der Waals surface area contributed by atoms with E-state index in [0.717, 1.165) is 25.5 Å². The topological polar surface area (TPSA) is 45.5 Å². The van der Waals surface area contributed by atoms with E-state index < -0.39 is 0 Å². The number of hydrogen-bond donors (Lipinski definition) is 1. The second-order valence-electron chi connectivity index (χ2n) is 5.67. The second kappa shape index (κ2) is 10.3. The Bertz CT molecular complexity index is 650. The lowest BCUT2D eigenvalue weighted by Gasteiger charge is -2.21. The third-order valence-electron chi connectivity index (χ3n) is 3.77. The van der Waals surface area contributed by atoms with Crippen LogP contribution in [0.3, 0.4) is 0 Å². The Kier molecular flexibility index (Phi) is 8.81. The van der Waals surface area contributed by atoms with Crippen LogP contribution < -0.4 is 5.32 Å². The van der Waals surface area contributed by atoms with Gasteiger partial charge >= 0.3 is 0 Å². The molecule has 5 nitrogen and oxygen atoms in total. The number of benzene rings is 1. The van der Waals surface area contributed by atoms with E-state index in [1.165, 1.54) is 16.7 Å². The lowest BCUT2D eigenvalue weighted by molar-refractivity contribution is 0.476. The number of hydrogen-bond acceptors (Lipinski definition) is 2. The molecule has 0 unspecified atom stereocenters. The maximum Gasteiger partial charge on any atom is 0.194 e. The summed E-state index contributed by atoms with van der Waals surface area (Å²) < 4.78 is 1.82. The highest BCUT2D eigenvalue weighted by Gasteiger charge is 2.08. The largest absolute Gasteiger partial charge is 0.357 e. The van der Waals surface area contributed by atoms with Gasteiger partial charge in [0.15, 0.2) is 5.96 Å². The van der Waals surface area contributed by atoms with E-state index in [1.54, 1.807) is 0 Å². The number of nitrogens with zero attached hydrogens (tertiary/aromatic N) is 4. The Hall–Kier alpha value is -1.57. The molecule has 2 aromatic rings. The van der Waals surface area contributed by atoms with Crippen molar-refractivity contribution in [2.75, 3.05) is 13.6 Å². The van der Waals surface area contributed by atoms with Gasteiger partial charge in [-0.25, -0.2) is 4.99 Å². The Morgan fingerprint density at radius 3 is 2.54 bits per heavy atom. The predicted molar refractivity (Wildman–Crippen MR) is 111 cm³/mol. The van der Waals surface area contributed by atoms with Crippen LogP contribution in [-0.4, -0.2) is 34.2 Å². The van der Waals surface area contributed by atoms with Crippen LogP contribution >= 0.6 is 24.0 Å². The van der Waals surface area contributed by atoms with Crippen LogP contribution in [-0.2, 0) is 26.6 Å². The Labute approximate surface area is 162 Å². The van der Waals surface area contributed by atoms with Crippen LogP contribution in [0.25, 0.3) is 0 Å². The van der Waals surface area contributed by atoms with E-state index in [-0.39, 0.29) is 24.0 Å². The Morgan fingerprint density at radius 2 is 1.96 bits per heavy atom. The van der Waals surface area contributed by atoms with E-state index in [1.807, 2.05) is 24.1 Å². The molecule has 24 heavy (non-hydrogen) atoms. The first kappa shape index (κ1) is 20.5. The van der Waals surface area contributed by atoms with Crippen molar-refractivity contribution in [3.05, 3.63) is 53.3 Å². The molecule has 0 radical (unpaired) electrons. The monoisotopic (exact) mass is 441 g/mol. The molecule has 0 atom stereocenters. The smallest absolute Gasteiger partial charge is 0.194 e. The first-order valence-electron chi connectivity index (χ1n) is 8.17.